The third kappa shape index (κ3) is 2.38. The minimum atomic E-state index is -1.59. The van der Waals surface area contributed by atoms with Crippen molar-refractivity contribution in [3.63, 3.8) is 0 Å². The van der Waals surface area contributed by atoms with Crippen LogP contribution in [0.2, 0.25) is 0 Å². The van der Waals surface area contributed by atoms with Gasteiger partial charge in [-0.1, -0.05) is 0 Å². The number of fused-ring (bicyclic) bond motifs is 3. The molecule has 0 spiro atoms. The number of benzene rings is 1. The number of carbonyl (C=O) groups is 4. The molecule has 0 fully saturated rings. The quantitative estimate of drug-likeness (QED) is 0.375. The Morgan fingerprint density at radius 2 is 1.77 bits per heavy atom. The molecule has 3 rings (SSSR count). The van der Waals surface area contributed by atoms with Crippen LogP contribution >= 0.6 is 0 Å². The molecule has 1 aliphatic carbocycles. The topological polar surface area (TPSA) is 118 Å². The van der Waals surface area contributed by atoms with E-state index < -0.39 is 46.0 Å². The van der Waals surface area contributed by atoms with Crippen molar-refractivity contribution in [1.29, 1.82) is 0 Å². The second-order valence-electron chi connectivity index (χ2n) is 6.50. The summed E-state index contributed by atoms with van der Waals surface area (Å²) in [5.74, 6) is -5.15. The van der Waals surface area contributed by atoms with Crippen molar-refractivity contribution in [3.05, 3.63) is 28.5 Å². The smallest absolute Gasteiger partial charge is 1.00 e. The maximum atomic E-state index is 13.0. The molecule has 0 aromatic heterocycles. The van der Waals surface area contributed by atoms with E-state index in [1.54, 1.807) is 0 Å². The van der Waals surface area contributed by atoms with Crippen LogP contribution in [-0.2, 0) is 19.8 Å². The van der Waals surface area contributed by atoms with Crippen molar-refractivity contribution >= 4 is 23.1 Å². The number of hydrogen-bond acceptors (Lipinski definition) is 7. The first-order valence-corrected chi connectivity index (χ1v) is 7.62. The Balaban J connectivity index is 0.00000182. The summed E-state index contributed by atoms with van der Waals surface area (Å²) in [6.07, 6.45) is 1.04. The maximum Gasteiger partial charge on any atom is 1.00 e. The molecule has 1 aliphatic heterocycles. The molecule has 26 heavy (non-hydrogen) atoms. The van der Waals surface area contributed by atoms with Gasteiger partial charge in [-0.2, -0.15) is 0 Å². The fourth-order valence-corrected chi connectivity index (χ4v) is 3.49. The molecule has 0 saturated carbocycles. The predicted molar refractivity (Wildman–Crippen MR) is 85.9 cm³/mol. The summed E-state index contributed by atoms with van der Waals surface area (Å²) in [7, 11) is 0. The summed E-state index contributed by atoms with van der Waals surface area (Å²) in [6.45, 7) is 5.17. The number of ketones is 4. The third-order valence-electron chi connectivity index (χ3n) is 4.91. The van der Waals surface area contributed by atoms with Gasteiger partial charge in [0.05, 0.1) is 5.56 Å². The van der Waals surface area contributed by atoms with Crippen LogP contribution in [0.3, 0.4) is 0 Å². The van der Waals surface area contributed by atoms with Crippen molar-refractivity contribution in [3.8, 4) is 17.2 Å². The van der Waals surface area contributed by atoms with Gasteiger partial charge < -0.3 is 16.4 Å². The van der Waals surface area contributed by atoms with Crippen molar-refractivity contribution in [2.45, 2.75) is 33.1 Å². The van der Waals surface area contributed by atoms with Gasteiger partial charge in [0.25, 0.3) is 0 Å². The van der Waals surface area contributed by atoms with Gasteiger partial charge in [0.15, 0.2) is 17.3 Å². The summed E-state index contributed by atoms with van der Waals surface area (Å²) >= 11 is 0. The zero-order chi connectivity index (χ0) is 18.8. The van der Waals surface area contributed by atoms with Gasteiger partial charge in [0.1, 0.15) is 45.7 Å². The van der Waals surface area contributed by atoms with E-state index in [0.717, 1.165) is 13.0 Å². The molecule has 8 heteroatoms. The van der Waals surface area contributed by atoms with Gasteiger partial charge in [0.2, 0.25) is 0 Å². The second kappa shape index (κ2) is 6.33. The Kier molecular flexibility index (Phi) is 4.96. The van der Waals surface area contributed by atoms with Crippen LogP contribution in [0.4, 0.5) is 0 Å². The van der Waals surface area contributed by atoms with Gasteiger partial charge in [0, 0.05) is 11.6 Å². The third-order valence-corrected chi connectivity index (χ3v) is 4.91. The Morgan fingerprint density at radius 3 is 2.27 bits per heavy atom. The van der Waals surface area contributed by atoms with Crippen LogP contribution in [0.1, 0.15) is 43.7 Å². The largest absolute Gasteiger partial charge is 1.00 e. The van der Waals surface area contributed by atoms with Crippen LogP contribution in [0.5, 0.6) is 17.2 Å². The molecule has 2 aliphatic rings. The summed E-state index contributed by atoms with van der Waals surface area (Å²) in [5, 5.41) is 20.7. The van der Waals surface area contributed by atoms with Crippen molar-refractivity contribution in [1.82, 2.24) is 0 Å². The molecule has 0 radical (unpaired) electrons. The van der Waals surface area contributed by atoms with Crippen LogP contribution in [0.25, 0.3) is 0 Å². The van der Waals surface area contributed by atoms with Crippen LogP contribution in [0, 0.1) is 12.8 Å². The number of ether oxygens (including phenoxy) is 1. The molecular formula is C18H17NaO7. The molecule has 1 aromatic carbocycles. The van der Waals surface area contributed by atoms with E-state index in [-0.39, 0.29) is 59.2 Å². The second-order valence-corrected chi connectivity index (χ2v) is 6.50. The Labute approximate surface area is 172 Å². The molecule has 1 heterocycles. The van der Waals surface area contributed by atoms with E-state index in [9.17, 15) is 29.4 Å². The van der Waals surface area contributed by atoms with E-state index >= 15 is 0 Å². The number of rotatable bonds is 2. The molecular weight excluding hydrogens is 351 g/mol. The SMILES string of the molecule is CC(=O)c1c(O)c(C)c(O)c2c1OC1=CC(=O)C(C(C)=O)C(=O)C12C.[H-].[Na+]. The number of hydrogen-bond donors (Lipinski definition) is 2. The van der Waals surface area contributed by atoms with Crippen LogP contribution in [0.15, 0.2) is 11.8 Å². The zero-order valence-electron chi connectivity index (χ0n) is 16.1. The predicted octanol–water partition coefficient (Wildman–Crippen LogP) is -1.38. The summed E-state index contributed by atoms with van der Waals surface area (Å²) < 4.78 is 5.56. The van der Waals surface area contributed by atoms with Gasteiger partial charge in [-0.15, -0.1) is 0 Å². The number of phenols is 2. The molecule has 0 bridgehead atoms. The number of carbonyl (C=O) groups excluding carboxylic acids is 4. The van der Waals surface area contributed by atoms with Crippen molar-refractivity contribution in [2.24, 2.45) is 5.92 Å². The fraction of sp³-hybridized carbons (Fsp3) is 0.333. The van der Waals surface area contributed by atoms with Gasteiger partial charge in [-0.05, 0) is 27.7 Å². The van der Waals surface area contributed by atoms with E-state index in [4.69, 9.17) is 4.74 Å². The zero-order valence-corrected chi connectivity index (χ0v) is 17.1. The molecule has 0 amide bonds. The van der Waals surface area contributed by atoms with E-state index in [0.29, 0.717) is 0 Å². The number of Topliss-reactive ketones (excluding diaryl/α,β-unsaturated/α-hetero) is 3. The van der Waals surface area contributed by atoms with Crippen LogP contribution in [-0.4, -0.2) is 33.3 Å². The molecule has 0 saturated heterocycles. The summed E-state index contributed by atoms with van der Waals surface area (Å²) in [4.78, 5) is 48.8. The minimum absolute atomic E-state index is 0. The van der Waals surface area contributed by atoms with Gasteiger partial charge in [-0.3, -0.25) is 19.2 Å². The molecule has 2 unspecified atom stereocenters. The Morgan fingerprint density at radius 1 is 1.19 bits per heavy atom. The summed E-state index contributed by atoms with van der Waals surface area (Å²) in [5.41, 5.74) is -1.77. The number of aromatic hydroxyl groups is 2. The standard InChI is InChI=1S/C18H16O7.Na.H/c1-6-14(22)12(8(3)20)16-13(15(6)23)18(4)10(25-16)5-9(21)11(7(2)19)17(18)24;;/h5,11,22-23H,1-4H3;;/q;+1;-1. The van der Waals surface area contributed by atoms with E-state index in [1.807, 2.05) is 0 Å². The molecule has 2 N–H and O–H groups in total. The average Bonchev–Trinajstić information content (AvgIpc) is 2.78. The van der Waals surface area contributed by atoms with Crippen molar-refractivity contribution in [2.75, 3.05) is 0 Å². The Bertz CT molecular complexity index is 934. The van der Waals surface area contributed by atoms with E-state index in [1.165, 1.54) is 20.8 Å². The maximum absolute atomic E-state index is 13.0. The average molecular weight is 368 g/mol. The molecule has 7 nitrogen and oxygen atoms in total. The number of allylic oxidation sites excluding steroid dienone is 2. The minimum Gasteiger partial charge on any atom is -1.00 e. The van der Waals surface area contributed by atoms with Crippen molar-refractivity contribution < 1.29 is 65.1 Å². The first kappa shape index (κ1) is 20.4. The summed E-state index contributed by atoms with van der Waals surface area (Å²) in [6, 6.07) is 0. The van der Waals surface area contributed by atoms with Crippen LogP contribution < -0.4 is 34.3 Å². The fourth-order valence-electron chi connectivity index (χ4n) is 3.49. The van der Waals surface area contributed by atoms with Gasteiger partial charge >= 0.3 is 29.6 Å². The first-order chi connectivity index (χ1) is 11.5. The van der Waals surface area contributed by atoms with Gasteiger partial charge in [-0.25, -0.2) is 0 Å². The normalized spacial score (nSPS) is 23.4. The number of phenolic OH excluding ortho intramolecular Hbond substituents is 2. The first-order valence-electron chi connectivity index (χ1n) is 7.62. The Hall–Kier alpha value is -1.96. The van der Waals surface area contributed by atoms with E-state index in [2.05, 4.69) is 0 Å². The monoisotopic (exact) mass is 368 g/mol. The molecule has 132 valence electrons. The molecule has 1 aromatic rings. The molecule has 2 atom stereocenters.